The zero-order chi connectivity index (χ0) is 35.4. The fourth-order valence-electron chi connectivity index (χ4n) is 6.55. The largest absolute Gasteiger partial charge is 0.392 e. The summed E-state index contributed by atoms with van der Waals surface area (Å²) in [6.45, 7) is 4.62. The Bertz CT molecular complexity index is 1720. The summed E-state index contributed by atoms with van der Waals surface area (Å²) < 4.78 is 13.4. The number of piperazine rings is 1. The molecule has 2 amide bonds. The van der Waals surface area contributed by atoms with Crippen molar-refractivity contribution >= 4 is 17.8 Å². The molecule has 3 atom stereocenters. The summed E-state index contributed by atoms with van der Waals surface area (Å²) in [5.74, 6) is 0.233. The van der Waals surface area contributed by atoms with E-state index in [2.05, 4.69) is 43.3 Å². The molecule has 0 spiro atoms. The minimum absolute atomic E-state index is 0.00603. The molecule has 2 fully saturated rings. The lowest BCUT2D eigenvalue weighted by molar-refractivity contribution is -0.253. The van der Waals surface area contributed by atoms with E-state index in [-0.39, 0.29) is 31.1 Å². The van der Waals surface area contributed by atoms with Gasteiger partial charge in [0, 0.05) is 76.5 Å². The van der Waals surface area contributed by atoms with E-state index < -0.39 is 12.2 Å². The lowest BCUT2D eigenvalue weighted by atomic mass is 9.98. The van der Waals surface area contributed by atoms with Gasteiger partial charge in [0.1, 0.15) is 0 Å². The molecule has 0 aliphatic carbocycles. The Morgan fingerprint density at radius 3 is 2.22 bits per heavy atom. The maximum absolute atomic E-state index is 12.4. The first-order valence-corrected chi connectivity index (χ1v) is 17.6. The minimum Gasteiger partial charge on any atom is -0.392 e. The molecule has 12 nitrogen and oxygen atoms in total. The SMILES string of the molecule is O=C(CCCCC(=O)NCc1cccc(-c2cccc(C3OC(CN4CCN(c5ncccn5)CC4)CC(c4ccc(CO)cc4)O3)c2)c1)NO. The molecule has 2 aliphatic heterocycles. The van der Waals surface area contributed by atoms with Gasteiger partial charge in [-0.2, -0.15) is 0 Å². The number of hydrogen-bond acceptors (Lipinski definition) is 10. The number of carbonyl (C=O) groups is 2. The van der Waals surface area contributed by atoms with Crippen LogP contribution in [0.4, 0.5) is 5.95 Å². The van der Waals surface area contributed by atoms with E-state index in [9.17, 15) is 14.7 Å². The van der Waals surface area contributed by atoms with Crippen LogP contribution in [0, 0.1) is 0 Å². The van der Waals surface area contributed by atoms with Gasteiger partial charge in [-0.1, -0.05) is 60.7 Å². The van der Waals surface area contributed by atoms with E-state index in [0.29, 0.717) is 32.2 Å². The summed E-state index contributed by atoms with van der Waals surface area (Å²) in [4.78, 5) is 37.0. The van der Waals surface area contributed by atoms with Gasteiger partial charge in [0.15, 0.2) is 6.29 Å². The molecule has 4 aromatic rings. The Kier molecular flexibility index (Phi) is 12.7. The standard InChI is InChI=1S/C39H46N6O6/c46-27-28-12-14-30(15-13-28)35-24-34(26-44-18-20-45(21-19-44)39-40-16-5-17-41-39)50-38(51-35)33-9-4-8-32(23-33)31-7-3-6-29(22-31)25-42-36(47)10-1-2-11-37(48)43-49/h3-9,12-17,22-23,34-35,38,46,49H,1-2,10-11,18-21,24-27H2,(H,42,47)(H,43,48). The van der Waals surface area contributed by atoms with Gasteiger partial charge >= 0.3 is 0 Å². The fraction of sp³-hybridized carbons (Fsp3) is 0.385. The summed E-state index contributed by atoms with van der Waals surface area (Å²) in [6.07, 6.45) is 5.04. The van der Waals surface area contributed by atoms with Crippen LogP contribution >= 0.6 is 0 Å². The number of nitrogens with one attached hydrogen (secondary N) is 2. The Hall–Kier alpha value is -4.72. The van der Waals surface area contributed by atoms with Crippen molar-refractivity contribution in [3.8, 4) is 11.1 Å². The monoisotopic (exact) mass is 694 g/mol. The number of aliphatic hydroxyl groups is 1. The Morgan fingerprint density at radius 1 is 0.784 bits per heavy atom. The first-order chi connectivity index (χ1) is 25.0. The predicted molar refractivity (Wildman–Crippen MR) is 191 cm³/mol. The molecule has 4 N–H and O–H groups in total. The smallest absolute Gasteiger partial charge is 0.243 e. The first-order valence-electron chi connectivity index (χ1n) is 17.6. The molecule has 0 saturated carbocycles. The molecule has 12 heteroatoms. The molecular formula is C39H46N6O6. The number of ether oxygens (including phenoxy) is 2. The van der Waals surface area contributed by atoms with Crippen LogP contribution in [0.2, 0.25) is 0 Å². The number of unbranched alkanes of at least 4 members (excludes halogenated alkanes) is 1. The molecular weight excluding hydrogens is 648 g/mol. The number of rotatable bonds is 14. The number of anilines is 1. The molecule has 0 radical (unpaired) electrons. The topological polar surface area (TPSA) is 149 Å². The third-order valence-electron chi connectivity index (χ3n) is 9.38. The number of nitrogens with zero attached hydrogens (tertiary/aromatic N) is 4. The third-order valence-corrected chi connectivity index (χ3v) is 9.38. The minimum atomic E-state index is -0.573. The van der Waals surface area contributed by atoms with Gasteiger partial charge in [-0.25, -0.2) is 15.4 Å². The lowest BCUT2D eigenvalue weighted by Gasteiger charge is -2.40. The average molecular weight is 695 g/mol. The Labute approximate surface area is 298 Å². The Balaban J connectivity index is 1.11. The second-order valence-electron chi connectivity index (χ2n) is 13.0. The predicted octanol–water partition coefficient (Wildman–Crippen LogP) is 4.69. The van der Waals surface area contributed by atoms with Gasteiger partial charge in [-0.3, -0.25) is 19.7 Å². The Morgan fingerprint density at radius 2 is 1.49 bits per heavy atom. The van der Waals surface area contributed by atoms with Gasteiger partial charge < -0.3 is 24.8 Å². The van der Waals surface area contributed by atoms with E-state index in [1.807, 2.05) is 60.7 Å². The number of benzene rings is 3. The third kappa shape index (κ3) is 10.2. The van der Waals surface area contributed by atoms with Crippen LogP contribution in [0.3, 0.4) is 0 Å². The summed E-state index contributed by atoms with van der Waals surface area (Å²) >= 11 is 0. The number of hydroxylamine groups is 1. The van der Waals surface area contributed by atoms with Gasteiger partial charge in [-0.05, 0) is 58.9 Å². The van der Waals surface area contributed by atoms with Gasteiger partial charge in [-0.15, -0.1) is 0 Å². The van der Waals surface area contributed by atoms with Crippen LogP contribution in [0.5, 0.6) is 0 Å². The van der Waals surface area contributed by atoms with Crippen molar-refractivity contribution in [2.75, 3.05) is 37.6 Å². The molecule has 268 valence electrons. The number of aliphatic hydroxyl groups excluding tert-OH is 1. The molecule has 3 unspecified atom stereocenters. The van der Waals surface area contributed by atoms with Crippen molar-refractivity contribution in [3.05, 3.63) is 114 Å². The molecule has 6 rings (SSSR count). The number of carbonyl (C=O) groups excluding carboxylic acids is 2. The van der Waals surface area contributed by atoms with E-state index in [1.54, 1.807) is 17.9 Å². The number of aromatic nitrogens is 2. The van der Waals surface area contributed by atoms with Gasteiger partial charge in [0.05, 0.1) is 18.8 Å². The summed E-state index contributed by atoms with van der Waals surface area (Å²) in [6, 6.07) is 26.1. The highest BCUT2D eigenvalue weighted by Crippen LogP contribution is 2.39. The van der Waals surface area contributed by atoms with Crippen molar-refractivity contribution in [2.45, 2.75) is 63.8 Å². The fourth-order valence-corrected chi connectivity index (χ4v) is 6.55. The van der Waals surface area contributed by atoms with Crippen LogP contribution in [-0.4, -0.2) is 75.8 Å². The van der Waals surface area contributed by atoms with Crippen LogP contribution in [0.25, 0.3) is 11.1 Å². The molecule has 51 heavy (non-hydrogen) atoms. The second kappa shape index (κ2) is 18.0. The van der Waals surface area contributed by atoms with E-state index in [4.69, 9.17) is 14.7 Å². The van der Waals surface area contributed by atoms with Crippen LogP contribution < -0.4 is 15.7 Å². The summed E-state index contributed by atoms with van der Waals surface area (Å²) in [5.41, 5.74) is 7.45. The molecule has 1 aromatic heterocycles. The first kappa shape index (κ1) is 36.1. The highest BCUT2D eigenvalue weighted by atomic mass is 16.7. The molecule has 3 heterocycles. The van der Waals surface area contributed by atoms with Gasteiger partial charge in [0.2, 0.25) is 17.8 Å². The van der Waals surface area contributed by atoms with E-state index in [0.717, 1.165) is 72.1 Å². The molecule has 2 aliphatic rings. The summed E-state index contributed by atoms with van der Waals surface area (Å²) in [7, 11) is 0. The maximum atomic E-state index is 12.4. The normalized spacial score (nSPS) is 19.4. The zero-order valence-corrected chi connectivity index (χ0v) is 28.7. The summed E-state index contributed by atoms with van der Waals surface area (Å²) in [5, 5.41) is 21.2. The van der Waals surface area contributed by atoms with Crippen molar-refractivity contribution < 1.29 is 29.4 Å². The van der Waals surface area contributed by atoms with Crippen molar-refractivity contribution in [1.82, 2.24) is 25.7 Å². The molecule has 2 saturated heterocycles. The van der Waals surface area contributed by atoms with Gasteiger partial charge in [0.25, 0.3) is 0 Å². The number of hydrogen-bond donors (Lipinski definition) is 4. The van der Waals surface area contributed by atoms with E-state index >= 15 is 0 Å². The maximum Gasteiger partial charge on any atom is 0.243 e. The average Bonchev–Trinajstić information content (AvgIpc) is 3.19. The lowest BCUT2D eigenvalue weighted by Crippen LogP contribution is -2.50. The quantitative estimate of drug-likeness (QED) is 0.0833. The van der Waals surface area contributed by atoms with E-state index in [1.165, 1.54) is 0 Å². The highest BCUT2D eigenvalue weighted by molar-refractivity contribution is 5.76. The number of amides is 2. The van der Waals surface area contributed by atoms with Crippen molar-refractivity contribution in [1.29, 1.82) is 0 Å². The van der Waals surface area contributed by atoms with Crippen LogP contribution in [0.15, 0.2) is 91.3 Å². The molecule has 3 aromatic carbocycles. The second-order valence-corrected chi connectivity index (χ2v) is 13.0. The molecule has 0 bridgehead atoms. The highest BCUT2D eigenvalue weighted by Gasteiger charge is 2.34. The zero-order valence-electron chi connectivity index (χ0n) is 28.7. The van der Waals surface area contributed by atoms with Crippen LogP contribution in [0.1, 0.15) is 66.8 Å². The van der Waals surface area contributed by atoms with Crippen molar-refractivity contribution in [2.24, 2.45) is 0 Å². The van der Waals surface area contributed by atoms with Crippen molar-refractivity contribution in [3.63, 3.8) is 0 Å². The van der Waals surface area contributed by atoms with Crippen LogP contribution in [-0.2, 0) is 32.2 Å².